The predicted molar refractivity (Wildman–Crippen MR) is 102 cm³/mol. The van der Waals surface area contributed by atoms with Crippen molar-refractivity contribution in [3.8, 4) is 16.9 Å². The van der Waals surface area contributed by atoms with Crippen molar-refractivity contribution >= 4 is 5.97 Å². The van der Waals surface area contributed by atoms with Crippen molar-refractivity contribution in [2.45, 2.75) is 26.2 Å². The van der Waals surface area contributed by atoms with Gasteiger partial charge in [0.1, 0.15) is 5.75 Å². The Morgan fingerprint density at radius 2 is 1.28 bits per heavy atom. The Labute approximate surface area is 149 Å². The number of rotatable bonds is 3. The number of benzene rings is 3. The van der Waals surface area contributed by atoms with Gasteiger partial charge >= 0.3 is 5.97 Å². The van der Waals surface area contributed by atoms with Gasteiger partial charge in [-0.1, -0.05) is 81.4 Å². The van der Waals surface area contributed by atoms with E-state index in [9.17, 15) is 4.79 Å². The van der Waals surface area contributed by atoms with Crippen molar-refractivity contribution < 1.29 is 9.53 Å². The second kappa shape index (κ2) is 6.94. The minimum Gasteiger partial charge on any atom is -0.423 e. The molecular weight excluding hydrogens is 308 g/mol. The molecule has 0 bridgehead atoms. The van der Waals surface area contributed by atoms with E-state index in [0.29, 0.717) is 11.3 Å². The zero-order valence-corrected chi connectivity index (χ0v) is 14.8. The van der Waals surface area contributed by atoms with Crippen LogP contribution >= 0.6 is 0 Å². The van der Waals surface area contributed by atoms with E-state index >= 15 is 0 Å². The molecule has 0 aliphatic carbocycles. The van der Waals surface area contributed by atoms with Crippen LogP contribution in [0.3, 0.4) is 0 Å². The molecule has 0 unspecified atom stereocenters. The number of esters is 1. The second-order valence-corrected chi connectivity index (χ2v) is 7.08. The molecule has 0 N–H and O–H groups in total. The maximum absolute atomic E-state index is 12.5. The summed E-state index contributed by atoms with van der Waals surface area (Å²) in [6.45, 7) is 6.32. The lowest BCUT2D eigenvalue weighted by molar-refractivity contribution is 0.0732. The summed E-state index contributed by atoms with van der Waals surface area (Å²) in [5, 5.41) is 0. The largest absolute Gasteiger partial charge is 0.423 e. The molecule has 25 heavy (non-hydrogen) atoms. The van der Waals surface area contributed by atoms with E-state index < -0.39 is 0 Å². The standard InChI is InChI=1S/C23H22O2/c1-23(2,3)20-11-7-8-12-21(20)25-22(24)19-15-13-18(14-16-19)17-9-5-4-6-10-17/h4-16H,1-3H3. The Hall–Kier alpha value is -2.87. The van der Waals surface area contributed by atoms with Gasteiger partial charge in [-0.15, -0.1) is 0 Å². The predicted octanol–water partition coefficient (Wildman–Crippen LogP) is 5.87. The van der Waals surface area contributed by atoms with Crippen molar-refractivity contribution in [3.63, 3.8) is 0 Å². The quantitative estimate of drug-likeness (QED) is 0.443. The molecule has 2 nitrogen and oxygen atoms in total. The number of hydrogen-bond acceptors (Lipinski definition) is 2. The summed E-state index contributed by atoms with van der Waals surface area (Å²) in [5.74, 6) is 0.281. The van der Waals surface area contributed by atoms with Crippen LogP contribution in [0.2, 0.25) is 0 Å². The lowest BCUT2D eigenvalue weighted by Crippen LogP contribution is -2.16. The minimum absolute atomic E-state index is 0.0892. The van der Waals surface area contributed by atoms with E-state index in [1.54, 1.807) is 0 Å². The van der Waals surface area contributed by atoms with Gasteiger partial charge in [0.15, 0.2) is 0 Å². The first kappa shape index (κ1) is 17.0. The minimum atomic E-state index is -0.337. The summed E-state index contributed by atoms with van der Waals surface area (Å²) in [4.78, 5) is 12.5. The molecule has 0 saturated carbocycles. The SMILES string of the molecule is CC(C)(C)c1ccccc1OC(=O)c1ccc(-c2ccccc2)cc1. The third-order valence-corrected chi connectivity index (χ3v) is 4.13. The Kier molecular flexibility index (Phi) is 4.71. The van der Waals surface area contributed by atoms with Crippen LogP contribution in [0.4, 0.5) is 0 Å². The average Bonchev–Trinajstić information content (AvgIpc) is 2.62. The number of carbonyl (C=O) groups excluding carboxylic acids is 1. The normalized spacial score (nSPS) is 11.2. The highest BCUT2D eigenvalue weighted by Crippen LogP contribution is 2.31. The van der Waals surface area contributed by atoms with E-state index in [2.05, 4.69) is 20.8 Å². The lowest BCUT2D eigenvalue weighted by Gasteiger charge is -2.22. The third-order valence-electron chi connectivity index (χ3n) is 4.13. The molecule has 0 amide bonds. The van der Waals surface area contributed by atoms with Crippen LogP contribution in [0.15, 0.2) is 78.9 Å². The molecule has 3 aromatic carbocycles. The monoisotopic (exact) mass is 330 g/mol. The number of carbonyl (C=O) groups is 1. The van der Waals surface area contributed by atoms with Crippen LogP contribution in [0.25, 0.3) is 11.1 Å². The first-order valence-corrected chi connectivity index (χ1v) is 8.42. The third kappa shape index (κ3) is 3.97. The van der Waals surface area contributed by atoms with Gasteiger partial charge in [0.05, 0.1) is 5.56 Å². The molecule has 0 heterocycles. The van der Waals surface area contributed by atoms with Gasteiger partial charge in [0, 0.05) is 5.56 Å². The zero-order chi connectivity index (χ0) is 17.9. The molecular formula is C23H22O2. The summed E-state index contributed by atoms with van der Waals surface area (Å²) in [6, 6.07) is 25.3. The number of para-hydroxylation sites is 1. The molecule has 0 radical (unpaired) electrons. The highest BCUT2D eigenvalue weighted by atomic mass is 16.5. The van der Waals surface area contributed by atoms with Crippen LogP contribution in [-0.4, -0.2) is 5.97 Å². The van der Waals surface area contributed by atoms with Crippen molar-refractivity contribution in [1.29, 1.82) is 0 Å². The number of hydrogen-bond donors (Lipinski definition) is 0. The first-order chi connectivity index (χ1) is 11.9. The van der Waals surface area contributed by atoms with Gasteiger partial charge in [0.25, 0.3) is 0 Å². The molecule has 2 heteroatoms. The summed E-state index contributed by atoms with van der Waals surface area (Å²) in [6.07, 6.45) is 0. The highest BCUT2D eigenvalue weighted by molar-refractivity contribution is 5.91. The fourth-order valence-electron chi connectivity index (χ4n) is 2.76. The van der Waals surface area contributed by atoms with Gasteiger partial charge in [-0.05, 0) is 34.7 Å². The average molecular weight is 330 g/mol. The second-order valence-electron chi connectivity index (χ2n) is 7.08. The maximum Gasteiger partial charge on any atom is 0.343 e. The van der Waals surface area contributed by atoms with Gasteiger partial charge < -0.3 is 4.74 Å². The van der Waals surface area contributed by atoms with Gasteiger partial charge in [-0.3, -0.25) is 0 Å². The summed E-state index contributed by atoms with van der Waals surface area (Å²) in [7, 11) is 0. The Balaban J connectivity index is 1.81. The van der Waals surface area contributed by atoms with Gasteiger partial charge in [0.2, 0.25) is 0 Å². The van der Waals surface area contributed by atoms with Crippen molar-refractivity contribution in [2.75, 3.05) is 0 Å². The van der Waals surface area contributed by atoms with E-state index in [0.717, 1.165) is 16.7 Å². The topological polar surface area (TPSA) is 26.3 Å². The fourth-order valence-corrected chi connectivity index (χ4v) is 2.76. The van der Waals surface area contributed by atoms with Crippen LogP contribution in [0, 0.1) is 0 Å². The van der Waals surface area contributed by atoms with Crippen molar-refractivity contribution in [3.05, 3.63) is 90.0 Å². The molecule has 0 aromatic heterocycles. The Morgan fingerprint density at radius 1 is 0.720 bits per heavy atom. The molecule has 3 aromatic rings. The lowest BCUT2D eigenvalue weighted by atomic mass is 9.86. The molecule has 0 spiro atoms. The van der Waals surface area contributed by atoms with Gasteiger partial charge in [-0.25, -0.2) is 4.79 Å². The molecule has 3 rings (SSSR count). The van der Waals surface area contributed by atoms with E-state index in [1.807, 2.05) is 78.9 Å². The Morgan fingerprint density at radius 3 is 1.92 bits per heavy atom. The summed E-state index contributed by atoms with van der Waals surface area (Å²) in [5.41, 5.74) is 3.68. The highest BCUT2D eigenvalue weighted by Gasteiger charge is 2.20. The van der Waals surface area contributed by atoms with Gasteiger partial charge in [-0.2, -0.15) is 0 Å². The fraction of sp³-hybridized carbons (Fsp3) is 0.174. The van der Waals surface area contributed by atoms with Crippen LogP contribution < -0.4 is 4.74 Å². The van der Waals surface area contributed by atoms with Crippen LogP contribution in [-0.2, 0) is 5.41 Å². The van der Waals surface area contributed by atoms with E-state index in [1.165, 1.54) is 0 Å². The van der Waals surface area contributed by atoms with Crippen LogP contribution in [0.1, 0.15) is 36.7 Å². The molecule has 0 atom stereocenters. The van der Waals surface area contributed by atoms with Crippen molar-refractivity contribution in [1.82, 2.24) is 0 Å². The Bertz CT molecular complexity index is 857. The zero-order valence-electron chi connectivity index (χ0n) is 14.8. The van der Waals surface area contributed by atoms with Crippen LogP contribution in [0.5, 0.6) is 5.75 Å². The van der Waals surface area contributed by atoms with Crippen molar-refractivity contribution in [2.24, 2.45) is 0 Å². The first-order valence-electron chi connectivity index (χ1n) is 8.42. The molecule has 0 saturated heterocycles. The van der Waals surface area contributed by atoms with E-state index in [-0.39, 0.29) is 11.4 Å². The molecule has 126 valence electrons. The number of ether oxygens (including phenoxy) is 1. The molecule has 0 aliphatic rings. The smallest absolute Gasteiger partial charge is 0.343 e. The molecule has 0 aliphatic heterocycles. The maximum atomic E-state index is 12.5. The summed E-state index contributed by atoms with van der Waals surface area (Å²) < 4.78 is 5.66. The molecule has 0 fully saturated rings. The van der Waals surface area contributed by atoms with E-state index in [4.69, 9.17) is 4.74 Å². The summed E-state index contributed by atoms with van der Waals surface area (Å²) >= 11 is 0.